The van der Waals surface area contributed by atoms with Gasteiger partial charge in [0.2, 0.25) is 5.95 Å². The Balaban J connectivity index is 2.23. The molecule has 2 heterocycles. The van der Waals surface area contributed by atoms with Crippen molar-refractivity contribution in [1.82, 2.24) is 9.88 Å². The molecule has 0 radical (unpaired) electrons. The Hall–Kier alpha value is -0.975. The Morgan fingerprint density at radius 2 is 1.70 bits per heavy atom. The highest BCUT2D eigenvalue weighted by Gasteiger charge is 2.52. The van der Waals surface area contributed by atoms with Crippen LogP contribution in [0.15, 0.2) is 12.1 Å². The first-order valence-electron chi connectivity index (χ1n) is 6.78. The fourth-order valence-electron chi connectivity index (χ4n) is 2.04. The van der Waals surface area contributed by atoms with Gasteiger partial charge in [0.1, 0.15) is 0 Å². The molecular formula is C14H22BFN2O2. The van der Waals surface area contributed by atoms with Crippen molar-refractivity contribution in [2.24, 2.45) is 0 Å². The third-order valence-electron chi connectivity index (χ3n) is 3.92. The van der Waals surface area contributed by atoms with E-state index in [1.54, 1.807) is 6.07 Å². The summed E-state index contributed by atoms with van der Waals surface area (Å²) < 4.78 is 25.8. The summed E-state index contributed by atoms with van der Waals surface area (Å²) in [5.41, 5.74) is 0.0812. The van der Waals surface area contributed by atoms with Crippen molar-refractivity contribution in [3.63, 3.8) is 0 Å². The van der Waals surface area contributed by atoms with Gasteiger partial charge in [-0.25, -0.2) is 4.98 Å². The van der Waals surface area contributed by atoms with E-state index in [-0.39, 0.29) is 0 Å². The number of halogens is 1. The van der Waals surface area contributed by atoms with E-state index in [1.165, 1.54) is 0 Å². The Bertz CT molecular complexity index is 490. The first-order chi connectivity index (χ1) is 9.12. The lowest BCUT2D eigenvalue weighted by atomic mass is 9.80. The van der Waals surface area contributed by atoms with Gasteiger partial charge in [0.25, 0.3) is 0 Å². The molecule has 0 N–H and O–H groups in total. The second-order valence-electron chi connectivity index (χ2n) is 6.51. The maximum atomic E-state index is 14.2. The third-order valence-corrected chi connectivity index (χ3v) is 3.92. The quantitative estimate of drug-likeness (QED) is 0.622. The Morgan fingerprint density at radius 3 is 2.15 bits per heavy atom. The molecule has 0 spiro atoms. The fourth-order valence-corrected chi connectivity index (χ4v) is 2.04. The zero-order valence-electron chi connectivity index (χ0n) is 13.0. The molecule has 0 bridgehead atoms. The highest BCUT2D eigenvalue weighted by atomic mass is 19.1. The van der Waals surface area contributed by atoms with Crippen molar-refractivity contribution >= 4 is 12.6 Å². The smallest absolute Gasteiger partial charge is 0.399 e. The van der Waals surface area contributed by atoms with Gasteiger partial charge in [-0.3, -0.25) is 0 Å². The van der Waals surface area contributed by atoms with Gasteiger partial charge in [0.05, 0.1) is 16.9 Å². The average Bonchev–Trinajstić information content (AvgIpc) is 2.46. The highest BCUT2D eigenvalue weighted by Crippen LogP contribution is 2.36. The van der Waals surface area contributed by atoms with Crippen LogP contribution >= 0.6 is 0 Å². The minimum Gasteiger partial charge on any atom is -0.399 e. The number of pyridine rings is 1. The third kappa shape index (κ3) is 2.87. The van der Waals surface area contributed by atoms with Gasteiger partial charge in [-0.15, -0.1) is 0 Å². The predicted octanol–water partition coefficient (Wildman–Crippen LogP) is 1.58. The zero-order valence-corrected chi connectivity index (χ0v) is 13.0. The molecule has 0 aliphatic carbocycles. The molecule has 0 unspecified atom stereocenters. The number of rotatable bonds is 3. The summed E-state index contributed by atoms with van der Waals surface area (Å²) in [4.78, 5) is 5.93. The summed E-state index contributed by atoms with van der Waals surface area (Å²) in [7, 11) is 3.13. The van der Waals surface area contributed by atoms with E-state index in [0.717, 1.165) is 0 Å². The molecule has 1 aromatic rings. The van der Waals surface area contributed by atoms with Gasteiger partial charge in [0, 0.05) is 12.0 Å². The van der Waals surface area contributed by atoms with Crippen LogP contribution in [0.3, 0.4) is 0 Å². The van der Waals surface area contributed by atoms with Crippen molar-refractivity contribution in [3.8, 4) is 0 Å². The Labute approximate surface area is 120 Å². The molecule has 0 saturated carbocycles. The maximum Gasteiger partial charge on any atom is 0.499 e. The summed E-state index contributed by atoms with van der Waals surface area (Å²) in [6.45, 7) is 8.37. The van der Waals surface area contributed by atoms with Crippen LogP contribution in [0, 0.1) is 5.95 Å². The second-order valence-corrected chi connectivity index (χ2v) is 6.51. The van der Waals surface area contributed by atoms with Crippen LogP contribution in [0.25, 0.3) is 0 Å². The zero-order chi connectivity index (χ0) is 15.1. The van der Waals surface area contributed by atoms with Crippen LogP contribution in [0.2, 0.25) is 0 Å². The van der Waals surface area contributed by atoms with E-state index in [4.69, 9.17) is 9.31 Å². The molecule has 6 heteroatoms. The lowest BCUT2D eigenvalue weighted by molar-refractivity contribution is 0.00578. The largest absolute Gasteiger partial charge is 0.499 e. The Kier molecular flexibility index (Phi) is 3.93. The van der Waals surface area contributed by atoms with Crippen molar-refractivity contribution in [3.05, 3.63) is 23.8 Å². The lowest BCUT2D eigenvalue weighted by Crippen LogP contribution is -2.41. The molecule has 2 rings (SSSR count). The highest BCUT2D eigenvalue weighted by molar-refractivity contribution is 6.62. The minimum absolute atomic E-state index is 0.353. The first-order valence-corrected chi connectivity index (χ1v) is 6.78. The molecule has 1 fully saturated rings. The second kappa shape index (κ2) is 5.09. The van der Waals surface area contributed by atoms with Crippen LogP contribution in [0.1, 0.15) is 33.4 Å². The summed E-state index contributed by atoms with van der Waals surface area (Å²) >= 11 is 0. The van der Waals surface area contributed by atoms with E-state index in [1.807, 2.05) is 52.8 Å². The molecule has 0 amide bonds. The molecular weight excluding hydrogens is 258 g/mol. The molecule has 0 aromatic carbocycles. The number of aromatic nitrogens is 1. The molecule has 1 aliphatic heterocycles. The summed E-state index contributed by atoms with van der Waals surface area (Å²) in [5, 5.41) is 0. The Morgan fingerprint density at radius 1 is 1.15 bits per heavy atom. The average molecular weight is 280 g/mol. The first kappa shape index (κ1) is 15.4. The van der Waals surface area contributed by atoms with Crippen molar-refractivity contribution in [1.29, 1.82) is 0 Å². The summed E-state index contributed by atoms with van der Waals surface area (Å²) in [6.07, 6.45) is 0. The number of hydrogen-bond donors (Lipinski definition) is 0. The van der Waals surface area contributed by atoms with Crippen molar-refractivity contribution in [2.75, 3.05) is 14.1 Å². The van der Waals surface area contributed by atoms with Gasteiger partial charge >= 0.3 is 7.12 Å². The van der Waals surface area contributed by atoms with Gasteiger partial charge < -0.3 is 14.2 Å². The molecule has 1 saturated heterocycles. The summed E-state index contributed by atoms with van der Waals surface area (Å²) in [5.74, 6) is -0.525. The van der Waals surface area contributed by atoms with Crippen molar-refractivity contribution < 1.29 is 13.7 Å². The normalized spacial score (nSPS) is 20.7. The lowest BCUT2D eigenvalue weighted by Gasteiger charge is -2.32. The van der Waals surface area contributed by atoms with Gasteiger partial charge in [-0.05, 0) is 47.9 Å². The van der Waals surface area contributed by atoms with E-state index in [2.05, 4.69) is 4.98 Å². The van der Waals surface area contributed by atoms with Gasteiger partial charge in [-0.1, -0.05) is 6.07 Å². The van der Waals surface area contributed by atoms with Crippen LogP contribution in [-0.2, 0) is 15.9 Å². The molecule has 20 heavy (non-hydrogen) atoms. The topological polar surface area (TPSA) is 34.6 Å². The fraction of sp³-hybridized carbons (Fsp3) is 0.643. The van der Waals surface area contributed by atoms with E-state index < -0.39 is 24.3 Å². The van der Waals surface area contributed by atoms with Crippen LogP contribution in [-0.4, -0.2) is 42.3 Å². The predicted molar refractivity (Wildman–Crippen MR) is 77.3 cm³/mol. The number of nitrogens with zero attached hydrogens (tertiary/aromatic N) is 2. The standard InChI is InChI=1S/C14H22BFN2O2/c1-13(2)14(3,4)20-15(19-13)11-8-7-10(9-18(5)6)17-12(11)16/h7-8H,9H2,1-6H3. The van der Waals surface area contributed by atoms with E-state index in [0.29, 0.717) is 17.7 Å². The monoisotopic (exact) mass is 280 g/mol. The van der Waals surface area contributed by atoms with E-state index >= 15 is 0 Å². The van der Waals surface area contributed by atoms with Gasteiger partial charge in [0.15, 0.2) is 0 Å². The van der Waals surface area contributed by atoms with Gasteiger partial charge in [-0.2, -0.15) is 4.39 Å². The molecule has 1 aromatic heterocycles. The van der Waals surface area contributed by atoms with Crippen LogP contribution < -0.4 is 5.46 Å². The van der Waals surface area contributed by atoms with Crippen LogP contribution in [0.4, 0.5) is 4.39 Å². The van der Waals surface area contributed by atoms with Crippen molar-refractivity contribution in [2.45, 2.75) is 45.4 Å². The summed E-state index contributed by atoms with van der Waals surface area (Å²) in [6, 6.07) is 3.51. The minimum atomic E-state index is -0.707. The molecule has 1 aliphatic rings. The molecule has 0 atom stereocenters. The van der Waals surface area contributed by atoms with E-state index in [9.17, 15) is 4.39 Å². The number of hydrogen-bond acceptors (Lipinski definition) is 4. The SMILES string of the molecule is CN(C)Cc1ccc(B2OC(C)(C)C(C)(C)O2)c(F)n1. The van der Waals surface area contributed by atoms with Crippen LogP contribution in [0.5, 0.6) is 0 Å². The maximum absolute atomic E-state index is 14.2. The molecule has 110 valence electrons. The molecule has 4 nitrogen and oxygen atoms in total.